The molecule has 160 valence electrons. The number of halogens is 3. The fourth-order valence-electron chi connectivity index (χ4n) is 3.63. The van der Waals surface area contributed by atoms with Crippen LogP contribution >= 0.6 is 0 Å². The second kappa shape index (κ2) is 6.91. The van der Waals surface area contributed by atoms with Crippen LogP contribution in [0.1, 0.15) is 11.3 Å². The van der Waals surface area contributed by atoms with Gasteiger partial charge in [0.15, 0.2) is 5.65 Å². The summed E-state index contributed by atoms with van der Waals surface area (Å²) in [5.74, 6) is 0. The van der Waals surface area contributed by atoms with E-state index < -0.39 is 17.4 Å². The number of nitrogens with two attached hydrogens (primary N) is 1. The van der Waals surface area contributed by atoms with E-state index in [2.05, 4.69) is 15.1 Å². The zero-order valence-electron chi connectivity index (χ0n) is 16.6. The number of alkyl halides is 3. The molecule has 0 radical (unpaired) electrons. The van der Waals surface area contributed by atoms with Crippen molar-refractivity contribution in [1.82, 2.24) is 24.1 Å². The van der Waals surface area contributed by atoms with Crippen LogP contribution in [0.3, 0.4) is 0 Å². The summed E-state index contributed by atoms with van der Waals surface area (Å²) in [5.41, 5.74) is 6.92. The van der Waals surface area contributed by atoms with E-state index in [4.69, 9.17) is 5.73 Å². The predicted molar refractivity (Wildman–Crippen MR) is 113 cm³/mol. The van der Waals surface area contributed by atoms with Crippen molar-refractivity contribution in [1.29, 1.82) is 0 Å². The average Bonchev–Trinajstić information content (AvgIpc) is 3.22. The molecular formula is C22H15F3N6O. The van der Waals surface area contributed by atoms with Crippen molar-refractivity contribution in [2.75, 3.05) is 5.73 Å². The van der Waals surface area contributed by atoms with Gasteiger partial charge in [0, 0.05) is 11.6 Å². The van der Waals surface area contributed by atoms with Gasteiger partial charge in [0.05, 0.1) is 16.9 Å². The van der Waals surface area contributed by atoms with Crippen molar-refractivity contribution < 1.29 is 13.2 Å². The second-order valence-corrected chi connectivity index (χ2v) is 7.31. The van der Waals surface area contributed by atoms with E-state index in [9.17, 15) is 18.0 Å². The Morgan fingerprint density at radius 3 is 2.50 bits per heavy atom. The van der Waals surface area contributed by atoms with Gasteiger partial charge in [-0.3, -0.25) is 9.36 Å². The predicted octanol–water partition coefficient (Wildman–Crippen LogP) is 4.00. The van der Waals surface area contributed by atoms with Crippen LogP contribution in [0.15, 0.2) is 65.8 Å². The van der Waals surface area contributed by atoms with Crippen LogP contribution in [-0.2, 0) is 6.18 Å². The van der Waals surface area contributed by atoms with Crippen molar-refractivity contribution in [3.05, 3.63) is 82.7 Å². The van der Waals surface area contributed by atoms with Crippen molar-refractivity contribution in [3.63, 3.8) is 0 Å². The van der Waals surface area contributed by atoms with Gasteiger partial charge in [0.25, 0.3) is 5.56 Å². The lowest BCUT2D eigenvalue weighted by Gasteiger charge is -2.17. The van der Waals surface area contributed by atoms with Crippen LogP contribution < -0.4 is 11.3 Å². The summed E-state index contributed by atoms with van der Waals surface area (Å²) in [6.07, 6.45) is -1.67. The Bertz CT molecular complexity index is 1550. The summed E-state index contributed by atoms with van der Waals surface area (Å²) in [7, 11) is 0. The summed E-state index contributed by atoms with van der Waals surface area (Å²) >= 11 is 0. The number of pyridine rings is 3. The fourth-order valence-corrected chi connectivity index (χ4v) is 3.63. The third-order valence-electron chi connectivity index (χ3n) is 5.22. The van der Waals surface area contributed by atoms with Crippen LogP contribution in [0.25, 0.3) is 33.5 Å². The molecule has 7 nitrogen and oxygen atoms in total. The largest absolute Gasteiger partial charge is 0.433 e. The molecule has 0 saturated heterocycles. The highest BCUT2D eigenvalue weighted by Gasteiger charge is 2.33. The number of nitrogen functional groups attached to an aromatic ring is 1. The topological polar surface area (TPSA) is 91.1 Å². The number of fused-ring (bicyclic) bond motifs is 2. The number of anilines is 1. The first-order chi connectivity index (χ1) is 15.2. The highest BCUT2D eigenvalue weighted by Crippen LogP contribution is 2.34. The number of aromatic nitrogens is 5. The highest BCUT2D eigenvalue weighted by atomic mass is 19.4. The van der Waals surface area contributed by atoms with Crippen molar-refractivity contribution in [3.8, 4) is 16.8 Å². The Kier molecular flexibility index (Phi) is 4.26. The minimum atomic E-state index is -4.67. The molecule has 32 heavy (non-hydrogen) atoms. The van der Waals surface area contributed by atoms with E-state index in [1.807, 2.05) is 6.92 Å². The van der Waals surface area contributed by atoms with Crippen LogP contribution in [0.5, 0.6) is 0 Å². The Labute approximate surface area is 178 Å². The number of rotatable bonds is 2. The highest BCUT2D eigenvalue weighted by molar-refractivity contribution is 5.97. The van der Waals surface area contributed by atoms with E-state index in [1.165, 1.54) is 16.9 Å². The van der Waals surface area contributed by atoms with Gasteiger partial charge in [-0.2, -0.15) is 18.3 Å². The van der Waals surface area contributed by atoms with Crippen molar-refractivity contribution >= 4 is 22.4 Å². The molecule has 2 N–H and O–H groups in total. The van der Waals surface area contributed by atoms with Gasteiger partial charge in [0.1, 0.15) is 17.7 Å². The van der Waals surface area contributed by atoms with Gasteiger partial charge in [0.2, 0.25) is 0 Å². The summed E-state index contributed by atoms with van der Waals surface area (Å²) in [6, 6.07) is 12.2. The molecule has 5 aromatic rings. The third-order valence-corrected chi connectivity index (χ3v) is 5.22. The maximum absolute atomic E-state index is 13.6. The van der Waals surface area contributed by atoms with E-state index in [-0.39, 0.29) is 22.3 Å². The molecule has 0 bridgehead atoms. The van der Waals surface area contributed by atoms with Gasteiger partial charge in [-0.1, -0.05) is 17.7 Å². The van der Waals surface area contributed by atoms with Crippen LogP contribution in [0.2, 0.25) is 0 Å². The Morgan fingerprint density at radius 2 is 1.78 bits per heavy atom. The van der Waals surface area contributed by atoms with Gasteiger partial charge in [-0.15, -0.1) is 0 Å². The number of nitrogens with zero attached hydrogens (tertiary/aromatic N) is 5. The van der Waals surface area contributed by atoms with E-state index >= 15 is 0 Å². The molecule has 0 aliphatic heterocycles. The molecule has 4 aromatic heterocycles. The van der Waals surface area contributed by atoms with E-state index in [1.54, 1.807) is 42.6 Å². The number of hydrogen-bond acceptors (Lipinski definition) is 5. The minimum Gasteiger partial charge on any atom is -0.397 e. The maximum Gasteiger partial charge on any atom is 0.433 e. The average molecular weight is 436 g/mol. The van der Waals surface area contributed by atoms with E-state index in [0.717, 1.165) is 16.2 Å². The first kappa shape index (κ1) is 19.7. The molecular weight excluding hydrogens is 421 g/mol. The molecule has 0 unspecified atom stereocenters. The fraction of sp³-hybridized carbons (Fsp3) is 0.0909. The molecule has 5 rings (SSSR count). The van der Waals surface area contributed by atoms with Gasteiger partial charge >= 0.3 is 6.18 Å². The lowest BCUT2D eigenvalue weighted by Crippen LogP contribution is -2.24. The molecule has 10 heteroatoms. The molecule has 4 heterocycles. The molecule has 0 amide bonds. The SMILES string of the molecule is Cc1ccc(-n2c(=O)c(-c3ccn4ncnc4c3)c(N)c3ccc(C(F)(F)F)nc32)cc1. The van der Waals surface area contributed by atoms with Crippen molar-refractivity contribution in [2.45, 2.75) is 13.1 Å². The smallest absolute Gasteiger partial charge is 0.397 e. The van der Waals surface area contributed by atoms with Crippen molar-refractivity contribution in [2.24, 2.45) is 0 Å². The zero-order chi connectivity index (χ0) is 22.6. The van der Waals surface area contributed by atoms with Gasteiger partial charge in [-0.25, -0.2) is 14.5 Å². The lowest BCUT2D eigenvalue weighted by molar-refractivity contribution is -0.141. The van der Waals surface area contributed by atoms with Gasteiger partial charge < -0.3 is 5.73 Å². The zero-order valence-corrected chi connectivity index (χ0v) is 16.6. The van der Waals surface area contributed by atoms with Crippen LogP contribution in [-0.4, -0.2) is 24.1 Å². The Balaban J connectivity index is 1.90. The minimum absolute atomic E-state index is 0.0402. The molecule has 0 aliphatic rings. The molecule has 1 aromatic carbocycles. The number of benzene rings is 1. The third kappa shape index (κ3) is 3.08. The van der Waals surface area contributed by atoms with Gasteiger partial charge in [-0.05, 0) is 48.9 Å². The normalized spacial score (nSPS) is 12.0. The second-order valence-electron chi connectivity index (χ2n) is 7.31. The number of aryl methyl sites for hydroxylation is 1. The summed E-state index contributed by atoms with van der Waals surface area (Å²) in [4.78, 5) is 21.5. The lowest BCUT2D eigenvalue weighted by atomic mass is 10.0. The number of hydrogen-bond donors (Lipinski definition) is 1. The molecule has 0 fully saturated rings. The molecule has 0 aliphatic carbocycles. The first-order valence-electron chi connectivity index (χ1n) is 9.53. The summed E-state index contributed by atoms with van der Waals surface area (Å²) in [6.45, 7) is 1.87. The quantitative estimate of drug-likeness (QED) is 0.452. The summed E-state index contributed by atoms with van der Waals surface area (Å²) in [5, 5.41) is 4.26. The van der Waals surface area contributed by atoms with Crippen LogP contribution in [0, 0.1) is 6.92 Å². The van der Waals surface area contributed by atoms with Crippen LogP contribution in [0.4, 0.5) is 18.9 Å². The Hall–Kier alpha value is -4.21. The molecule has 0 spiro atoms. The first-order valence-corrected chi connectivity index (χ1v) is 9.53. The standard InChI is InChI=1S/C22H15F3N6O/c1-12-2-4-14(5-3-12)31-20-15(6-7-16(29-20)22(23,24)25)19(26)18(21(31)32)13-8-9-30-17(10-13)27-11-28-30/h2-11H,26H2,1H3. The van der Waals surface area contributed by atoms with E-state index in [0.29, 0.717) is 16.9 Å². The monoisotopic (exact) mass is 436 g/mol. The maximum atomic E-state index is 13.6. The Morgan fingerprint density at radius 1 is 1.03 bits per heavy atom. The summed E-state index contributed by atoms with van der Waals surface area (Å²) < 4.78 is 42.8. The molecule has 0 atom stereocenters. The molecule has 0 saturated carbocycles.